The van der Waals surface area contributed by atoms with E-state index < -0.39 is 0 Å². The van der Waals surface area contributed by atoms with Crippen LogP contribution in [-0.2, 0) is 0 Å². The summed E-state index contributed by atoms with van der Waals surface area (Å²) in [4.78, 5) is 16.2. The minimum absolute atomic E-state index is 0.354. The molecule has 0 aromatic carbocycles. The first kappa shape index (κ1) is 36.2. The van der Waals surface area contributed by atoms with Gasteiger partial charge in [0.25, 0.3) is 0 Å². The van der Waals surface area contributed by atoms with Crippen molar-refractivity contribution < 1.29 is 0 Å². The molecule has 0 radical (unpaired) electrons. The first-order chi connectivity index (χ1) is 28.0. The molecule has 1 aromatic rings. The molecule has 57 heavy (non-hydrogen) atoms. The lowest BCUT2D eigenvalue weighted by Crippen LogP contribution is -2.65. The second-order valence-corrected chi connectivity index (χ2v) is 25.0. The Bertz CT molecular complexity index is 1330. The van der Waals surface area contributed by atoms with E-state index in [-0.39, 0.29) is 0 Å². The highest BCUT2D eigenvalue weighted by Gasteiger charge is 2.59. The molecule has 0 aliphatic heterocycles. The molecule has 0 atom stereocenters. The summed E-state index contributed by atoms with van der Waals surface area (Å²) < 4.78 is 0. The SMILES string of the molecule is c1c(N(C2CCCCC2)C23CC4CC(CC(C4)C2)C3)cc(N(C2CCCCC2)C23CC4CC(CC(C4)C2)C3)nc1N(C1CCCCC1)C12CC3CC(CC(C3)C1)C2. The first-order valence-corrected chi connectivity index (χ1v) is 26.4. The van der Waals surface area contributed by atoms with Crippen molar-refractivity contribution in [2.45, 2.75) is 247 Å². The van der Waals surface area contributed by atoms with Crippen LogP contribution in [0.5, 0.6) is 0 Å². The Morgan fingerprint density at radius 1 is 0.333 bits per heavy atom. The normalized spacial score (nSPS) is 46.2. The topological polar surface area (TPSA) is 22.6 Å². The van der Waals surface area contributed by atoms with E-state index >= 15 is 0 Å². The minimum atomic E-state index is 0.354. The Kier molecular flexibility index (Phi) is 8.76. The third-order valence-electron chi connectivity index (χ3n) is 20.9. The molecule has 312 valence electrons. The quantitative estimate of drug-likeness (QED) is 0.249. The molecule has 16 rings (SSSR count). The van der Waals surface area contributed by atoms with Gasteiger partial charge in [0.2, 0.25) is 0 Å². The van der Waals surface area contributed by atoms with E-state index in [1.807, 2.05) is 0 Å². The zero-order valence-electron chi connectivity index (χ0n) is 36.2. The second kappa shape index (κ2) is 13.8. The largest absolute Gasteiger partial charge is 0.363 e. The highest BCUT2D eigenvalue weighted by Crippen LogP contribution is 2.63. The van der Waals surface area contributed by atoms with Crippen molar-refractivity contribution in [3.63, 3.8) is 0 Å². The van der Waals surface area contributed by atoms with Crippen molar-refractivity contribution in [2.75, 3.05) is 14.7 Å². The molecule has 0 saturated heterocycles. The van der Waals surface area contributed by atoms with Crippen molar-refractivity contribution in [1.29, 1.82) is 0 Å². The summed E-state index contributed by atoms with van der Waals surface area (Å²) >= 11 is 0. The van der Waals surface area contributed by atoms with Crippen LogP contribution in [0.25, 0.3) is 0 Å². The van der Waals surface area contributed by atoms with Gasteiger partial charge >= 0.3 is 0 Å². The van der Waals surface area contributed by atoms with Gasteiger partial charge in [0, 0.05) is 52.6 Å². The fourth-order valence-corrected chi connectivity index (χ4v) is 20.5. The van der Waals surface area contributed by atoms with Crippen LogP contribution in [-0.4, -0.2) is 39.7 Å². The van der Waals surface area contributed by atoms with Gasteiger partial charge in [-0.1, -0.05) is 57.8 Å². The van der Waals surface area contributed by atoms with Gasteiger partial charge in [-0.25, -0.2) is 4.98 Å². The molecule has 1 aromatic heterocycles. The maximum Gasteiger partial charge on any atom is 0.133 e. The van der Waals surface area contributed by atoms with E-state index in [4.69, 9.17) is 4.98 Å². The summed E-state index contributed by atoms with van der Waals surface area (Å²) in [6, 6.07) is 7.83. The van der Waals surface area contributed by atoms with Crippen LogP contribution in [0, 0.1) is 53.3 Å². The zero-order valence-corrected chi connectivity index (χ0v) is 36.2. The summed E-state index contributed by atoms with van der Waals surface area (Å²) in [6.45, 7) is 0. The average molecular weight is 773 g/mol. The predicted octanol–water partition coefficient (Wildman–Crippen LogP) is 13.4. The third kappa shape index (κ3) is 6.07. The van der Waals surface area contributed by atoms with Crippen LogP contribution in [0.4, 0.5) is 17.3 Å². The van der Waals surface area contributed by atoms with Crippen LogP contribution in [0.2, 0.25) is 0 Å². The standard InChI is InChI=1S/C53H80N4/c1-4-10-45(11-5-1)55(51-27-36-16-37(28-51)18-38(17-36)29-51)48-25-49(56(46-12-6-2-7-13-46)52-30-39-19-40(31-52)21-41(20-39)32-52)54-50(26-48)57(47-14-8-3-9-15-47)53-33-42-22-43(34-53)24-44(23-42)35-53/h25-26,36-47H,1-24,27-35H2. The number of rotatable bonds is 9. The van der Waals surface area contributed by atoms with Crippen molar-refractivity contribution in [1.82, 2.24) is 4.98 Å². The molecular formula is C53H80N4. The molecule has 0 spiro atoms. The Balaban J connectivity index is 1.01. The second-order valence-electron chi connectivity index (χ2n) is 25.0. The van der Waals surface area contributed by atoms with E-state index in [2.05, 4.69) is 26.8 Å². The van der Waals surface area contributed by atoms with Crippen LogP contribution in [0.15, 0.2) is 12.1 Å². The van der Waals surface area contributed by atoms with E-state index in [1.165, 1.54) is 166 Å². The van der Waals surface area contributed by atoms with E-state index in [9.17, 15) is 0 Å². The van der Waals surface area contributed by atoms with E-state index in [1.54, 1.807) is 63.5 Å². The molecule has 4 nitrogen and oxygen atoms in total. The lowest BCUT2D eigenvalue weighted by Gasteiger charge is -2.64. The molecule has 0 N–H and O–H groups in total. The van der Waals surface area contributed by atoms with E-state index in [0.29, 0.717) is 28.7 Å². The fraction of sp³-hybridized carbons (Fsp3) is 0.906. The zero-order chi connectivity index (χ0) is 37.3. The Hall–Kier alpha value is -1.45. The summed E-state index contributed by atoms with van der Waals surface area (Å²) in [5.41, 5.74) is 2.78. The van der Waals surface area contributed by atoms with Gasteiger partial charge in [0.1, 0.15) is 11.6 Å². The van der Waals surface area contributed by atoms with Crippen LogP contribution >= 0.6 is 0 Å². The van der Waals surface area contributed by atoms with E-state index in [0.717, 1.165) is 59.3 Å². The van der Waals surface area contributed by atoms with Gasteiger partial charge in [0.15, 0.2) is 0 Å². The van der Waals surface area contributed by atoms with Crippen LogP contribution in [0.3, 0.4) is 0 Å². The van der Waals surface area contributed by atoms with Crippen LogP contribution in [0.1, 0.15) is 212 Å². The molecule has 15 aliphatic rings. The Morgan fingerprint density at radius 2 is 0.579 bits per heavy atom. The van der Waals surface area contributed by atoms with Gasteiger partial charge in [-0.3, -0.25) is 0 Å². The molecule has 0 amide bonds. The molecule has 1 heterocycles. The smallest absolute Gasteiger partial charge is 0.133 e. The Morgan fingerprint density at radius 3 is 0.860 bits per heavy atom. The number of anilines is 3. The number of nitrogens with zero attached hydrogens (tertiary/aromatic N) is 4. The molecule has 0 unspecified atom stereocenters. The van der Waals surface area contributed by atoms with Crippen molar-refractivity contribution >= 4 is 17.3 Å². The molecule has 15 saturated carbocycles. The predicted molar refractivity (Wildman–Crippen MR) is 235 cm³/mol. The fourth-order valence-electron chi connectivity index (χ4n) is 20.5. The molecule has 15 fully saturated rings. The van der Waals surface area contributed by atoms with Gasteiger partial charge < -0.3 is 14.7 Å². The number of aromatic nitrogens is 1. The molecule has 15 aliphatic carbocycles. The highest BCUT2D eigenvalue weighted by atomic mass is 15.3. The molecule has 12 bridgehead atoms. The minimum Gasteiger partial charge on any atom is -0.363 e. The number of hydrogen-bond donors (Lipinski definition) is 0. The van der Waals surface area contributed by atoms with Gasteiger partial charge in [-0.05, 0) is 207 Å². The summed E-state index contributed by atoms with van der Waals surface area (Å²) in [6.07, 6.45) is 48.7. The van der Waals surface area contributed by atoms with Gasteiger partial charge in [0.05, 0.1) is 0 Å². The maximum absolute atomic E-state index is 6.40. The molecular weight excluding hydrogens is 693 g/mol. The summed E-state index contributed by atoms with van der Waals surface area (Å²) in [7, 11) is 0. The number of pyridine rings is 1. The van der Waals surface area contributed by atoms with Crippen molar-refractivity contribution in [3.8, 4) is 0 Å². The van der Waals surface area contributed by atoms with Crippen molar-refractivity contribution in [2.24, 2.45) is 53.3 Å². The molecule has 4 heteroatoms. The Labute approximate surface area is 347 Å². The average Bonchev–Trinajstić information content (AvgIpc) is 3.18. The van der Waals surface area contributed by atoms with Crippen LogP contribution < -0.4 is 14.7 Å². The lowest BCUT2D eigenvalue weighted by atomic mass is 9.52. The third-order valence-corrected chi connectivity index (χ3v) is 20.9. The number of hydrogen-bond acceptors (Lipinski definition) is 4. The highest BCUT2D eigenvalue weighted by molar-refractivity contribution is 5.67. The van der Waals surface area contributed by atoms with Crippen molar-refractivity contribution in [3.05, 3.63) is 12.1 Å². The monoisotopic (exact) mass is 773 g/mol. The summed E-state index contributed by atoms with van der Waals surface area (Å²) in [5, 5.41) is 0. The first-order valence-electron chi connectivity index (χ1n) is 26.4. The van der Waals surface area contributed by atoms with Gasteiger partial charge in [-0.15, -0.1) is 0 Å². The maximum atomic E-state index is 6.40. The van der Waals surface area contributed by atoms with Gasteiger partial charge in [-0.2, -0.15) is 0 Å². The summed E-state index contributed by atoms with van der Waals surface area (Å²) in [5.74, 6) is 11.8. The lowest BCUT2D eigenvalue weighted by molar-refractivity contribution is -0.0110.